The van der Waals surface area contributed by atoms with Gasteiger partial charge in [-0.25, -0.2) is 0 Å². The van der Waals surface area contributed by atoms with Crippen molar-refractivity contribution in [3.8, 4) is 12.3 Å². The van der Waals surface area contributed by atoms with Gasteiger partial charge in [0.05, 0.1) is 13.1 Å². The average molecular weight is 235 g/mol. The first kappa shape index (κ1) is 12.4. The van der Waals surface area contributed by atoms with Crippen molar-refractivity contribution < 1.29 is 4.79 Å². The molecule has 0 spiro atoms. The van der Waals surface area contributed by atoms with Crippen LogP contribution in [0, 0.1) is 12.3 Å². The number of nitrogens with zero attached hydrogens (tertiary/aromatic N) is 1. The van der Waals surface area contributed by atoms with Crippen molar-refractivity contribution in [1.82, 2.24) is 15.5 Å². The normalized spacial score (nSPS) is 22.1. The van der Waals surface area contributed by atoms with Gasteiger partial charge < -0.3 is 10.2 Å². The lowest BCUT2D eigenvalue weighted by atomic mass is 10.0. The molecule has 2 aliphatic rings. The Balaban J connectivity index is 1.60. The second-order valence-corrected chi connectivity index (χ2v) is 4.92. The van der Waals surface area contributed by atoms with Gasteiger partial charge in [-0.3, -0.25) is 10.1 Å². The van der Waals surface area contributed by atoms with Gasteiger partial charge in [-0.2, -0.15) is 0 Å². The summed E-state index contributed by atoms with van der Waals surface area (Å²) in [6, 6.07) is 1.20. The average Bonchev–Trinajstić information content (AvgIpc) is 3.14. The summed E-state index contributed by atoms with van der Waals surface area (Å²) >= 11 is 0. The van der Waals surface area contributed by atoms with Crippen molar-refractivity contribution in [1.29, 1.82) is 0 Å². The molecule has 0 unspecified atom stereocenters. The van der Waals surface area contributed by atoms with Crippen molar-refractivity contribution >= 4 is 5.91 Å². The third kappa shape index (κ3) is 4.03. The molecule has 0 aromatic carbocycles. The van der Waals surface area contributed by atoms with Crippen LogP contribution in [0.3, 0.4) is 0 Å². The molecule has 4 heteroatoms. The Morgan fingerprint density at radius 3 is 2.59 bits per heavy atom. The van der Waals surface area contributed by atoms with Crippen LogP contribution >= 0.6 is 0 Å². The molecule has 1 amide bonds. The third-order valence-corrected chi connectivity index (χ3v) is 3.47. The van der Waals surface area contributed by atoms with Gasteiger partial charge in [-0.15, -0.1) is 6.42 Å². The van der Waals surface area contributed by atoms with Crippen molar-refractivity contribution in [3.05, 3.63) is 0 Å². The van der Waals surface area contributed by atoms with Gasteiger partial charge in [0, 0.05) is 25.2 Å². The van der Waals surface area contributed by atoms with Crippen LogP contribution in [0.5, 0.6) is 0 Å². The lowest BCUT2D eigenvalue weighted by molar-refractivity contribution is -0.121. The van der Waals surface area contributed by atoms with Crippen molar-refractivity contribution in [2.75, 3.05) is 26.2 Å². The summed E-state index contributed by atoms with van der Waals surface area (Å²) in [6.45, 7) is 3.04. The van der Waals surface area contributed by atoms with E-state index in [9.17, 15) is 4.79 Å². The highest BCUT2D eigenvalue weighted by molar-refractivity contribution is 5.78. The smallest absolute Gasteiger partial charge is 0.234 e. The van der Waals surface area contributed by atoms with Gasteiger partial charge in [0.1, 0.15) is 0 Å². The third-order valence-electron chi connectivity index (χ3n) is 3.47. The van der Waals surface area contributed by atoms with E-state index in [-0.39, 0.29) is 5.91 Å². The van der Waals surface area contributed by atoms with E-state index in [0.29, 0.717) is 19.1 Å². The summed E-state index contributed by atoms with van der Waals surface area (Å²) < 4.78 is 0. The fourth-order valence-electron chi connectivity index (χ4n) is 2.38. The van der Waals surface area contributed by atoms with Crippen LogP contribution in [0.1, 0.15) is 25.7 Å². The SMILES string of the molecule is C#CCNCC(=O)NC1CCN(C2CC2)CC1. The van der Waals surface area contributed by atoms with Crippen LogP contribution in [-0.4, -0.2) is 49.1 Å². The maximum atomic E-state index is 11.6. The van der Waals surface area contributed by atoms with E-state index in [1.165, 1.54) is 12.8 Å². The number of terminal acetylenes is 1. The Hall–Kier alpha value is -1.05. The Kier molecular flexibility index (Phi) is 4.41. The fourth-order valence-corrected chi connectivity index (χ4v) is 2.38. The number of piperidine rings is 1. The number of carbonyl (C=O) groups excluding carboxylic acids is 1. The first-order chi connectivity index (χ1) is 8.29. The standard InChI is InChI=1S/C13H21N3O/c1-2-7-14-10-13(17)15-11-5-8-16(9-6-11)12-3-4-12/h1,11-12,14H,3-10H2,(H,15,17). The number of hydrogen-bond donors (Lipinski definition) is 2. The van der Waals surface area contributed by atoms with Crippen LogP contribution in [0.4, 0.5) is 0 Å². The summed E-state index contributed by atoms with van der Waals surface area (Å²) in [7, 11) is 0. The molecular formula is C13H21N3O. The largest absolute Gasteiger partial charge is 0.352 e. The van der Waals surface area contributed by atoms with E-state index < -0.39 is 0 Å². The molecule has 0 aromatic rings. The van der Waals surface area contributed by atoms with Crippen molar-refractivity contribution in [3.63, 3.8) is 0 Å². The molecule has 1 aliphatic carbocycles. The highest BCUT2D eigenvalue weighted by atomic mass is 16.1. The monoisotopic (exact) mass is 235 g/mol. The Morgan fingerprint density at radius 1 is 1.29 bits per heavy atom. The van der Waals surface area contributed by atoms with Crippen LogP contribution in [0.25, 0.3) is 0 Å². The van der Waals surface area contributed by atoms with Crippen LogP contribution in [-0.2, 0) is 4.79 Å². The van der Waals surface area contributed by atoms with Gasteiger partial charge in [-0.05, 0) is 25.7 Å². The molecule has 1 saturated carbocycles. The van der Waals surface area contributed by atoms with Gasteiger partial charge in [-0.1, -0.05) is 5.92 Å². The van der Waals surface area contributed by atoms with Gasteiger partial charge in [0.15, 0.2) is 0 Å². The Morgan fingerprint density at radius 2 is 2.00 bits per heavy atom. The number of amides is 1. The topological polar surface area (TPSA) is 44.4 Å². The minimum Gasteiger partial charge on any atom is -0.352 e. The molecule has 0 aromatic heterocycles. The zero-order valence-corrected chi connectivity index (χ0v) is 10.2. The molecule has 4 nitrogen and oxygen atoms in total. The Labute approximate surface area is 103 Å². The molecule has 2 fully saturated rings. The van der Waals surface area contributed by atoms with Crippen LogP contribution in [0.15, 0.2) is 0 Å². The summed E-state index contributed by atoms with van der Waals surface area (Å²) in [5, 5.41) is 5.96. The number of rotatable bonds is 5. The Bertz CT molecular complexity index is 298. The minimum atomic E-state index is 0.0603. The fraction of sp³-hybridized carbons (Fsp3) is 0.769. The first-order valence-electron chi connectivity index (χ1n) is 6.47. The first-order valence-corrected chi connectivity index (χ1v) is 6.47. The van der Waals surface area contributed by atoms with E-state index in [1.54, 1.807) is 0 Å². The van der Waals surface area contributed by atoms with Crippen LogP contribution in [0.2, 0.25) is 0 Å². The van der Waals surface area contributed by atoms with Crippen LogP contribution < -0.4 is 10.6 Å². The number of hydrogen-bond acceptors (Lipinski definition) is 3. The van der Waals surface area contributed by atoms with Gasteiger partial charge in [0.25, 0.3) is 0 Å². The minimum absolute atomic E-state index is 0.0603. The highest BCUT2D eigenvalue weighted by Gasteiger charge is 2.31. The van der Waals surface area contributed by atoms with Crippen molar-refractivity contribution in [2.45, 2.75) is 37.8 Å². The van der Waals surface area contributed by atoms with Crippen molar-refractivity contribution in [2.24, 2.45) is 0 Å². The predicted molar refractivity (Wildman–Crippen MR) is 67.5 cm³/mol. The lowest BCUT2D eigenvalue weighted by Crippen LogP contribution is -2.47. The quantitative estimate of drug-likeness (QED) is 0.519. The second kappa shape index (κ2) is 6.04. The molecule has 0 radical (unpaired) electrons. The summed E-state index contributed by atoms with van der Waals surface area (Å²) in [5.74, 6) is 2.51. The number of nitrogens with one attached hydrogen (secondary N) is 2. The van der Waals surface area contributed by atoms with Gasteiger partial charge >= 0.3 is 0 Å². The predicted octanol–water partition coefficient (Wildman–Crippen LogP) is -0.0478. The maximum absolute atomic E-state index is 11.6. The van der Waals surface area contributed by atoms with Gasteiger partial charge in [0.2, 0.25) is 5.91 Å². The zero-order chi connectivity index (χ0) is 12.1. The summed E-state index contributed by atoms with van der Waals surface area (Å²) in [5.41, 5.74) is 0. The molecule has 0 bridgehead atoms. The molecule has 1 aliphatic heterocycles. The molecular weight excluding hydrogens is 214 g/mol. The highest BCUT2D eigenvalue weighted by Crippen LogP contribution is 2.29. The molecule has 94 valence electrons. The van der Waals surface area contributed by atoms with E-state index in [2.05, 4.69) is 21.5 Å². The lowest BCUT2D eigenvalue weighted by Gasteiger charge is -2.32. The summed E-state index contributed by atoms with van der Waals surface area (Å²) in [6.07, 6.45) is 10.00. The number of likely N-dealkylation sites (tertiary alicyclic amines) is 1. The summed E-state index contributed by atoms with van der Waals surface area (Å²) in [4.78, 5) is 14.1. The maximum Gasteiger partial charge on any atom is 0.234 e. The van der Waals surface area contributed by atoms with E-state index in [0.717, 1.165) is 32.0 Å². The second-order valence-electron chi connectivity index (χ2n) is 4.92. The van der Waals surface area contributed by atoms with E-state index in [1.807, 2.05) is 0 Å². The molecule has 0 atom stereocenters. The zero-order valence-electron chi connectivity index (χ0n) is 10.2. The van der Waals surface area contributed by atoms with E-state index >= 15 is 0 Å². The number of carbonyl (C=O) groups is 1. The molecule has 17 heavy (non-hydrogen) atoms. The van der Waals surface area contributed by atoms with E-state index in [4.69, 9.17) is 6.42 Å². The molecule has 1 heterocycles. The molecule has 2 rings (SSSR count). The molecule has 1 saturated heterocycles. The molecule has 2 N–H and O–H groups in total.